The Morgan fingerprint density at radius 3 is 0.843 bits per heavy atom. The first kappa shape index (κ1) is 36.7. The van der Waals surface area contributed by atoms with E-state index in [2.05, 4.69) is 14.8 Å². The lowest BCUT2D eigenvalue weighted by molar-refractivity contribution is 0.407. The van der Waals surface area contributed by atoms with Crippen molar-refractivity contribution in [3.63, 3.8) is 0 Å². The van der Waals surface area contributed by atoms with Gasteiger partial charge in [0.1, 0.15) is 0 Å². The van der Waals surface area contributed by atoms with Gasteiger partial charge < -0.3 is 0 Å². The molecule has 0 aliphatic rings. The second-order valence-corrected chi connectivity index (χ2v) is 20.2. The largest absolute Gasteiger partial charge is 0.297 e. The Hall–Kier alpha value is -4.11. The van der Waals surface area contributed by atoms with Crippen molar-refractivity contribution in [2.24, 2.45) is 0 Å². The van der Waals surface area contributed by atoms with E-state index in [9.17, 15) is 9.13 Å². The highest BCUT2D eigenvalue weighted by Gasteiger charge is 2.35. The van der Waals surface area contributed by atoms with Gasteiger partial charge in [0.25, 0.3) is 0 Å². The lowest BCUT2D eigenvalue weighted by Gasteiger charge is -2.33. The van der Waals surface area contributed by atoms with E-state index in [0.29, 0.717) is 39.0 Å². The predicted octanol–water partition coefficient (Wildman–Crippen LogP) is 7.04. The Morgan fingerprint density at radius 2 is 0.588 bits per heavy atom. The van der Waals surface area contributed by atoms with Gasteiger partial charge in [-0.3, -0.25) is 23.9 Å². The first-order valence-corrected chi connectivity index (χ1v) is 22.4. The number of benzene rings is 6. The fourth-order valence-corrected chi connectivity index (χ4v) is 13.9. The van der Waals surface area contributed by atoms with E-state index in [1.54, 1.807) is 0 Å². The molecule has 0 saturated carbocycles. The van der Waals surface area contributed by atoms with Crippen LogP contribution in [0.15, 0.2) is 182 Å². The molecule has 6 aromatic carbocycles. The maximum absolute atomic E-state index is 15.6. The van der Waals surface area contributed by atoms with Crippen LogP contribution < -0.4 is 42.0 Å². The number of nitrogens with one attached hydrogen (secondary N) is 2. The number of nitrogens with zero attached hydrogens (tertiary/aromatic N) is 1. The zero-order valence-corrected chi connectivity index (χ0v) is 31.3. The molecule has 2 N–H and O–H groups in total. The van der Waals surface area contributed by atoms with Crippen molar-refractivity contribution in [2.75, 3.05) is 26.2 Å². The molecule has 6 nitrogen and oxygen atoms in total. The van der Waals surface area contributed by atoms with Gasteiger partial charge in [0.2, 0.25) is 21.9 Å². The van der Waals surface area contributed by atoms with E-state index < -0.39 is 21.9 Å². The molecule has 6 aromatic rings. The molecular formula is C42H44N3O3P3. The van der Waals surface area contributed by atoms with Crippen LogP contribution in [-0.2, 0) is 13.7 Å². The van der Waals surface area contributed by atoms with Crippen LogP contribution in [-0.4, -0.2) is 30.8 Å². The Labute approximate surface area is 302 Å². The van der Waals surface area contributed by atoms with Crippen LogP contribution >= 0.6 is 21.9 Å². The van der Waals surface area contributed by atoms with Crippen molar-refractivity contribution in [1.82, 2.24) is 14.8 Å². The molecule has 0 unspecified atom stereocenters. The van der Waals surface area contributed by atoms with Crippen molar-refractivity contribution in [3.05, 3.63) is 182 Å². The van der Waals surface area contributed by atoms with Crippen LogP contribution in [0, 0.1) is 0 Å². The maximum atomic E-state index is 15.6. The SMILES string of the molecule is O=P(NCCCN(CCCNP(=O)(c1ccccc1)c1ccccc1)P(=O)(c1ccccc1)c1ccccc1)(c1ccccc1)c1ccccc1. The second kappa shape index (κ2) is 17.4. The number of hydrogen-bond acceptors (Lipinski definition) is 3. The molecule has 0 radical (unpaired) electrons. The van der Waals surface area contributed by atoms with Crippen LogP contribution in [0.25, 0.3) is 0 Å². The first-order chi connectivity index (χ1) is 24.9. The summed E-state index contributed by atoms with van der Waals surface area (Å²) in [5.41, 5.74) is 0. The van der Waals surface area contributed by atoms with E-state index in [-0.39, 0.29) is 0 Å². The molecule has 0 amide bonds. The maximum Gasteiger partial charge on any atom is 0.207 e. The molecule has 9 heteroatoms. The fourth-order valence-electron chi connectivity index (χ4n) is 6.34. The van der Waals surface area contributed by atoms with Crippen molar-refractivity contribution < 1.29 is 13.7 Å². The van der Waals surface area contributed by atoms with Crippen molar-refractivity contribution >= 4 is 53.7 Å². The summed E-state index contributed by atoms with van der Waals surface area (Å²) in [5.74, 6) is 0. The summed E-state index contributed by atoms with van der Waals surface area (Å²) in [4.78, 5) is 0. The molecule has 0 aromatic heterocycles. The molecule has 0 aliphatic heterocycles. The van der Waals surface area contributed by atoms with Gasteiger partial charge in [0.15, 0.2) is 0 Å². The summed E-state index contributed by atoms with van der Waals surface area (Å²) < 4.78 is 46.9. The van der Waals surface area contributed by atoms with E-state index in [4.69, 9.17) is 0 Å². The van der Waals surface area contributed by atoms with E-state index in [1.165, 1.54) is 0 Å². The quantitative estimate of drug-likeness (QED) is 0.0775. The lowest BCUT2D eigenvalue weighted by atomic mass is 10.4. The lowest BCUT2D eigenvalue weighted by Crippen LogP contribution is -2.36. The van der Waals surface area contributed by atoms with Crippen LogP contribution in [0.1, 0.15) is 12.8 Å². The fraction of sp³-hybridized carbons (Fsp3) is 0.143. The summed E-state index contributed by atoms with van der Waals surface area (Å²) in [5, 5.41) is 11.4. The molecule has 0 spiro atoms. The normalized spacial score (nSPS) is 12.2. The van der Waals surface area contributed by atoms with Crippen molar-refractivity contribution in [3.8, 4) is 0 Å². The molecule has 260 valence electrons. The van der Waals surface area contributed by atoms with Gasteiger partial charge in [-0.1, -0.05) is 109 Å². The summed E-state index contributed by atoms with van der Waals surface area (Å²) in [6, 6.07) is 57.6. The third kappa shape index (κ3) is 8.52. The molecule has 0 heterocycles. The highest BCUT2D eigenvalue weighted by molar-refractivity contribution is 7.77. The third-order valence-electron chi connectivity index (χ3n) is 8.94. The minimum Gasteiger partial charge on any atom is -0.297 e. The Kier molecular flexibility index (Phi) is 12.5. The van der Waals surface area contributed by atoms with Crippen molar-refractivity contribution in [2.45, 2.75) is 12.8 Å². The monoisotopic (exact) mass is 731 g/mol. The average Bonchev–Trinajstić information content (AvgIpc) is 3.21. The van der Waals surface area contributed by atoms with Gasteiger partial charge in [-0.15, -0.1) is 0 Å². The Balaban J connectivity index is 1.25. The minimum absolute atomic E-state index is 0.455. The Morgan fingerprint density at radius 1 is 0.353 bits per heavy atom. The van der Waals surface area contributed by atoms with Gasteiger partial charge >= 0.3 is 0 Å². The summed E-state index contributed by atoms with van der Waals surface area (Å²) in [7, 11) is -9.53. The van der Waals surface area contributed by atoms with Gasteiger partial charge in [0.05, 0.1) is 0 Å². The van der Waals surface area contributed by atoms with Gasteiger partial charge in [0, 0.05) is 58.0 Å². The molecule has 6 rings (SSSR count). The predicted molar refractivity (Wildman–Crippen MR) is 216 cm³/mol. The zero-order valence-electron chi connectivity index (χ0n) is 28.6. The molecule has 51 heavy (non-hydrogen) atoms. The molecule has 0 bridgehead atoms. The van der Waals surface area contributed by atoms with E-state index in [0.717, 1.165) is 31.8 Å². The van der Waals surface area contributed by atoms with Crippen LogP contribution in [0.4, 0.5) is 0 Å². The highest BCUT2D eigenvalue weighted by atomic mass is 31.2. The van der Waals surface area contributed by atoms with Gasteiger partial charge in [-0.2, -0.15) is 0 Å². The van der Waals surface area contributed by atoms with E-state index in [1.807, 2.05) is 182 Å². The topological polar surface area (TPSA) is 78.5 Å². The smallest absolute Gasteiger partial charge is 0.207 e. The average molecular weight is 732 g/mol. The standard InChI is InChI=1S/C42H44N3O3P3/c46-49(37-21-7-1-8-22-37,38-23-9-2-10-24-38)43-33-19-35-45(51(48,41-29-15-5-16-30-41)42-31-17-6-18-32-42)36-20-34-44-50(47,39-25-11-3-12-26-39)40-27-13-4-14-28-40/h1-18,21-32H,19-20,33-36H2,(H,43,46)(H,44,47). The third-order valence-corrected chi connectivity index (χ3v) is 17.6. The molecule has 0 fully saturated rings. The summed E-state index contributed by atoms with van der Waals surface area (Å²) in [6.45, 7) is 1.90. The highest BCUT2D eigenvalue weighted by Crippen LogP contribution is 2.48. The second-order valence-electron chi connectivity index (χ2n) is 12.3. The van der Waals surface area contributed by atoms with Gasteiger partial charge in [-0.25, -0.2) is 4.67 Å². The summed E-state index contributed by atoms with van der Waals surface area (Å²) >= 11 is 0. The summed E-state index contributed by atoms with van der Waals surface area (Å²) in [6.07, 6.45) is 1.21. The first-order valence-electron chi connectivity index (χ1n) is 17.3. The van der Waals surface area contributed by atoms with Crippen LogP contribution in [0.5, 0.6) is 0 Å². The molecule has 0 aliphatic carbocycles. The van der Waals surface area contributed by atoms with Gasteiger partial charge in [-0.05, 0) is 85.6 Å². The minimum atomic E-state index is -3.29. The van der Waals surface area contributed by atoms with Crippen LogP contribution in [0.3, 0.4) is 0 Å². The zero-order chi connectivity index (χ0) is 35.4. The van der Waals surface area contributed by atoms with Crippen LogP contribution in [0.2, 0.25) is 0 Å². The van der Waals surface area contributed by atoms with Crippen molar-refractivity contribution in [1.29, 1.82) is 0 Å². The number of hydrogen-bond donors (Lipinski definition) is 2. The Bertz CT molecular complexity index is 1850. The molecule has 0 atom stereocenters. The molecule has 0 saturated heterocycles. The number of rotatable bonds is 17. The van der Waals surface area contributed by atoms with E-state index >= 15 is 4.57 Å². The molecular weight excluding hydrogens is 687 g/mol.